The van der Waals surface area contributed by atoms with E-state index >= 15 is 0 Å². The van der Waals surface area contributed by atoms with Gasteiger partial charge in [0.2, 0.25) is 0 Å². The number of ether oxygens (including phenoxy) is 1. The SMILES string of the molecule is CC(n1nnc(CCN2CCN(c3ccc(Cl)cc3Cl)CC2)n1)C1(c2ccc(F)cc2F)CO1. The lowest BCUT2D eigenvalue weighted by molar-refractivity contribution is 0.199. The Balaban J connectivity index is 1.16. The molecule has 0 saturated carbocycles. The lowest BCUT2D eigenvalue weighted by atomic mass is 9.93. The molecule has 0 amide bonds. The van der Waals surface area contributed by atoms with Gasteiger partial charge in [0.05, 0.1) is 17.3 Å². The Labute approximate surface area is 206 Å². The van der Waals surface area contributed by atoms with Gasteiger partial charge < -0.3 is 9.64 Å². The first kappa shape index (κ1) is 23.4. The van der Waals surface area contributed by atoms with Crippen molar-refractivity contribution in [2.75, 3.05) is 44.2 Å². The number of nitrogens with zero attached hydrogens (tertiary/aromatic N) is 6. The van der Waals surface area contributed by atoms with Gasteiger partial charge in [-0.2, -0.15) is 4.80 Å². The number of benzene rings is 2. The lowest BCUT2D eigenvalue weighted by Gasteiger charge is -2.36. The van der Waals surface area contributed by atoms with Crippen LogP contribution in [0.3, 0.4) is 0 Å². The number of tetrazole rings is 1. The largest absolute Gasteiger partial charge is 0.368 e. The molecule has 11 heteroatoms. The summed E-state index contributed by atoms with van der Waals surface area (Å²) in [5.41, 5.74) is 0.395. The van der Waals surface area contributed by atoms with Crippen LogP contribution in [-0.4, -0.2) is 64.4 Å². The Hall–Kier alpha value is -2.33. The Kier molecular flexibility index (Phi) is 6.45. The van der Waals surface area contributed by atoms with Crippen LogP contribution < -0.4 is 4.90 Å². The minimum absolute atomic E-state index is 0.305. The molecule has 2 atom stereocenters. The maximum atomic E-state index is 14.4. The standard InChI is InChI=1S/C23H24Cl2F2N6O/c1-15(23(14-34-23)18-4-3-17(26)13-20(18)27)33-29-22(28-30-33)6-7-31-8-10-32(11-9-31)21-5-2-16(24)12-19(21)25/h2-5,12-13,15H,6-11,14H2,1H3. The summed E-state index contributed by atoms with van der Waals surface area (Å²) in [7, 11) is 0. The van der Waals surface area contributed by atoms with Crippen LogP contribution in [0.4, 0.5) is 14.5 Å². The first-order chi connectivity index (χ1) is 16.4. The van der Waals surface area contributed by atoms with Crippen molar-refractivity contribution in [3.05, 3.63) is 69.5 Å². The molecule has 0 radical (unpaired) electrons. The zero-order valence-corrected chi connectivity index (χ0v) is 20.1. The molecule has 0 bridgehead atoms. The summed E-state index contributed by atoms with van der Waals surface area (Å²) in [4.78, 5) is 6.07. The Morgan fingerprint density at radius 2 is 1.85 bits per heavy atom. The van der Waals surface area contributed by atoms with Crippen molar-refractivity contribution in [2.45, 2.75) is 25.0 Å². The summed E-state index contributed by atoms with van der Waals surface area (Å²) in [6.07, 6.45) is 0.646. The predicted molar refractivity (Wildman–Crippen MR) is 125 cm³/mol. The average Bonchev–Trinajstić information content (AvgIpc) is 3.47. The highest BCUT2D eigenvalue weighted by Crippen LogP contribution is 2.48. The van der Waals surface area contributed by atoms with Crippen molar-refractivity contribution in [2.24, 2.45) is 0 Å². The van der Waals surface area contributed by atoms with Crippen molar-refractivity contribution < 1.29 is 13.5 Å². The van der Waals surface area contributed by atoms with Crippen LogP contribution in [0.5, 0.6) is 0 Å². The maximum absolute atomic E-state index is 14.4. The highest BCUT2D eigenvalue weighted by molar-refractivity contribution is 6.36. The fourth-order valence-electron chi connectivity index (χ4n) is 4.45. The van der Waals surface area contributed by atoms with Crippen LogP contribution in [0.1, 0.15) is 24.4 Å². The number of hydrogen-bond acceptors (Lipinski definition) is 6. The topological polar surface area (TPSA) is 62.6 Å². The highest BCUT2D eigenvalue weighted by atomic mass is 35.5. The molecule has 2 unspecified atom stereocenters. The molecular weight excluding hydrogens is 485 g/mol. The van der Waals surface area contributed by atoms with Crippen LogP contribution in [-0.2, 0) is 16.8 Å². The Morgan fingerprint density at radius 3 is 2.53 bits per heavy atom. The third kappa shape index (κ3) is 4.62. The van der Waals surface area contributed by atoms with Gasteiger partial charge in [-0.1, -0.05) is 29.3 Å². The summed E-state index contributed by atoms with van der Waals surface area (Å²) in [5.74, 6) is -0.642. The number of aromatic nitrogens is 4. The number of hydrogen-bond donors (Lipinski definition) is 0. The van der Waals surface area contributed by atoms with Crippen molar-refractivity contribution in [1.82, 2.24) is 25.1 Å². The summed E-state index contributed by atoms with van der Waals surface area (Å²) in [6.45, 7) is 6.48. The fourth-order valence-corrected chi connectivity index (χ4v) is 4.97. The van der Waals surface area contributed by atoms with E-state index in [2.05, 4.69) is 25.2 Å². The Morgan fingerprint density at radius 1 is 1.09 bits per heavy atom. The first-order valence-electron chi connectivity index (χ1n) is 11.2. The van der Waals surface area contributed by atoms with Crippen LogP contribution in [0.15, 0.2) is 36.4 Å². The molecule has 5 rings (SSSR count). The number of anilines is 1. The van der Waals surface area contributed by atoms with Crippen LogP contribution >= 0.6 is 23.2 Å². The van der Waals surface area contributed by atoms with Gasteiger partial charge in [-0.3, -0.25) is 4.90 Å². The van der Waals surface area contributed by atoms with Gasteiger partial charge in [-0.15, -0.1) is 10.2 Å². The average molecular weight is 509 g/mol. The summed E-state index contributed by atoms with van der Waals surface area (Å²) < 4.78 is 33.3. The van der Waals surface area contributed by atoms with Crippen molar-refractivity contribution in [3.8, 4) is 0 Å². The molecule has 3 aromatic rings. The van der Waals surface area contributed by atoms with E-state index < -0.39 is 17.2 Å². The molecule has 3 heterocycles. The molecule has 2 aliphatic rings. The van der Waals surface area contributed by atoms with E-state index in [1.54, 1.807) is 6.07 Å². The zero-order valence-electron chi connectivity index (χ0n) is 18.6. The van der Waals surface area contributed by atoms with E-state index in [-0.39, 0.29) is 6.04 Å². The molecule has 1 aromatic heterocycles. The van der Waals surface area contributed by atoms with Gasteiger partial charge in [-0.25, -0.2) is 8.78 Å². The Bertz CT molecular complexity index is 1180. The third-order valence-corrected chi connectivity index (χ3v) is 7.15. The second kappa shape index (κ2) is 9.37. The van der Waals surface area contributed by atoms with E-state index in [1.807, 2.05) is 19.1 Å². The number of piperazine rings is 1. The molecule has 34 heavy (non-hydrogen) atoms. The molecule has 0 N–H and O–H groups in total. The second-order valence-corrected chi connectivity index (χ2v) is 9.52. The number of epoxide rings is 1. The molecule has 0 spiro atoms. The quantitative estimate of drug-likeness (QED) is 0.447. The lowest BCUT2D eigenvalue weighted by Crippen LogP contribution is -2.47. The number of rotatable bonds is 7. The predicted octanol–water partition coefficient (Wildman–Crippen LogP) is 4.11. The van der Waals surface area contributed by atoms with Crippen LogP contribution in [0.2, 0.25) is 10.0 Å². The molecule has 2 aromatic carbocycles. The van der Waals surface area contributed by atoms with Crippen LogP contribution in [0, 0.1) is 11.6 Å². The van der Waals surface area contributed by atoms with Gasteiger partial charge in [0.15, 0.2) is 5.82 Å². The molecule has 2 saturated heterocycles. The van der Waals surface area contributed by atoms with Gasteiger partial charge in [0.1, 0.15) is 23.3 Å². The van der Waals surface area contributed by atoms with Crippen molar-refractivity contribution >= 4 is 28.9 Å². The molecule has 7 nitrogen and oxygen atoms in total. The summed E-state index contributed by atoms with van der Waals surface area (Å²) >= 11 is 12.4. The minimum Gasteiger partial charge on any atom is -0.368 e. The smallest absolute Gasteiger partial charge is 0.176 e. The molecule has 0 aliphatic carbocycles. The van der Waals surface area contributed by atoms with Gasteiger partial charge in [-0.05, 0) is 36.4 Å². The van der Waals surface area contributed by atoms with Crippen molar-refractivity contribution in [3.63, 3.8) is 0 Å². The molecular formula is C23H24Cl2F2N6O. The fraction of sp³-hybridized carbons (Fsp3) is 0.435. The third-order valence-electron chi connectivity index (χ3n) is 6.61. The monoisotopic (exact) mass is 508 g/mol. The van der Waals surface area contributed by atoms with Gasteiger partial charge in [0, 0.05) is 55.8 Å². The highest BCUT2D eigenvalue weighted by Gasteiger charge is 2.54. The van der Waals surface area contributed by atoms with E-state index in [1.165, 1.54) is 16.9 Å². The van der Waals surface area contributed by atoms with E-state index in [0.717, 1.165) is 44.5 Å². The first-order valence-corrected chi connectivity index (χ1v) is 11.9. The van der Waals surface area contributed by atoms with Gasteiger partial charge in [0.25, 0.3) is 0 Å². The van der Waals surface area contributed by atoms with E-state index in [9.17, 15) is 8.78 Å². The summed E-state index contributed by atoms with van der Waals surface area (Å²) in [6, 6.07) is 8.71. The van der Waals surface area contributed by atoms with Gasteiger partial charge >= 0.3 is 0 Å². The molecule has 180 valence electrons. The number of halogens is 4. The van der Waals surface area contributed by atoms with Crippen molar-refractivity contribution in [1.29, 1.82) is 0 Å². The second-order valence-electron chi connectivity index (χ2n) is 8.68. The normalized spacial score (nSPS) is 21.6. The molecule has 2 fully saturated rings. The zero-order chi connectivity index (χ0) is 23.9. The minimum atomic E-state index is -0.908. The van der Waals surface area contributed by atoms with Crippen LogP contribution in [0.25, 0.3) is 0 Å². The molecule has 2 aliphatic heterocycles. The van der Waals surface area contributed by atoms with E-state index in [4.69, 9.17) is 27.9 Å². The maximum Gasteiger partial charge on any atom is 0.176 e. The van der Waals surface area contributed by atoms with E-state index in [0.29, 0.717) is 34.5 Å². The summed E-state index contributed by atoms with van der Waals surface area (Å²) in [5, 5.41) is 14.2.